The van der Waals surface area contributed by atoms with Gasteiger partial charge in [-0.2, -0.15) is 0 Å². The molecule has 1 amide bonds. The molecule has 0 aromatic heterocycles. The molecule has 0 saturated heterocycles. The Labute approximate surface area is 114 Å². The molecule has 1 aliphatic carbocycles. The minimum atomic E-state index is -0.338. The first-order chi connectivity index (χ1) is 9.05. The topological polar surface area (TPSA) is 64.3 Å². The van der Waals surface area contributed by atoms with Crippen LogP contribution in [-0.2, 0) is 11.3 Å². The molecule has 0 unspecified atom stereocenters. The van der Waals surface area contributed by atoms with Crippen molar-refractivity contribution in [1.82, 2.24) is 5.32 Å². The number of rotatable bonds is 3. The molecule has 1 fully saturated rings. The van der Waals surface area contributed by atoms with E-state index in [2.05, 4.69) is 12.2 Å². The van der Waals surface area contributed by atoms with Crippen molar-refractivity contribution in [3.63, 3.8) is 0 Å². The molecule has 2 rings (SSSR count). The Balaban J connectivity index is 1.70. The number of amides is 1. The summed E-state index contributed by atoms with van der Waals surface area (Å²) < 4.78 is 5.20. The largest absolute Gasteiger partial charge is 0.445 e. The van der Waals surface area contributed by atoms with Gasteiger partial charge in [-0.3, -0.25) is 0 Å². The molecule has 0 radical (unpaired) electrons. The van der Waals surface area contributed by atoms with E-state index in [4.69, 9.17) is 10.5 Å². The Morgan fingerprint density at radius 1 is 1.37 bits per heavy atom. The maximum atomic E-state index is 11.7. The van der Waals surface area contributed by atoms with Crippen molar-refractivity contribution in [1.29, 1.82) is 0 Å². The van der Waals surface area contributed by atoms with Gasteiger partial charge in [0, 0.05) is 11.6 Å². The summed E-state index contributed by atoms with van der Waals surface area (Å²) in [5.74, 6) is 0. The number of nitrogens with two attached hydrogens (primary N) is 1. The van der Waals surface area contributed by atoms with Crippen LogP contribution in [-0.4, -0.2) is 17.7 Å². The number of carbonyl (C=O) groups is 1. The van der Waals surface area contributed by atoms with Gasteiger partial charge in [0.2, 0.25) is 0 Å². The van der Waals surface area contributed by atoms with Gasteiger partial charge in [0.15, 0.2) is 0 Å². The van der Waals surface area contributed by atoms with Crippen molar-refractivity contribution in [3.8, 4) is 0 Å². The Hall–Kier alpha value is -1.55. The molecule has 0 atom stereocenters. The van der Waals surface area contributed by atoms with Crippen molar-refractivity contribution in [2.45, 2.75) is 50.8 Å². The van der Waals surface area contributed by atoms with Gasteiger partial charge >= 0.3 is 6.09 Å². The summed E-state index contributed by atoms with van der Waals surface area (Å²) in [5.41, 5.74) is 6.98. The summed E-state index contributed by atoms with van der Waals surface area (Å²) in [6.07, 6.45) is 3.39. The molecule has 1 aliphatic rings. The zero-order valence-corrected chi connectivity index (χ0v) is 11.4. The SMILES string of the molecule is C[C@]1(N)CC[C@@H](NC(=O)OCc2ccccc2)CC1. The highest BCUT2D eigenvalue weighted by molar-refractivity contribution is 5.67. The van der Waals surface area contributed by atoms with E-state index < -0.39 is 0 Å². The lowest BCUT2D eigenvalue weighted by Gasteiger charge is -2.34. The van der Waals surface area contributed by atoms with Crippen molar-refractivity contribution in [2.75, 3.05) is 0 Å². The van der Waals surface area contributed by atoms with Crippen LogP contribution >= 0.6 is 0 Å². The molecular weight excluding hydrogens is 240 g/mol. The molecule has 1 aromatic carbocycles. The standard InChI is InChI=1S/C15H22N2O2/c1-15(16)9-7-13(8-10-15)17-14(18)19-11-12-5-3-2-4-6-12/h2-6,13H,7-11,16H2,1H3,(H,17,18)/t13-,15+. The highest BCUT2D eigenvalue weighted by Crippen LogP contribution is 2.25. The Morgan fingerprint density at radius 3 is 2.63 bits per heavy atom. The van der Waals surface area contributed by atoms with E-state index in [9.17, 15) is 4.79 Å². The third-order valence-electron chi connectivity index (χ3n) is 3.66. The summed E-state index contributed by atoms with van der Waals surface area (Å²) in [7, 11) is 0. The molecule has 19 heavy (non-hydrogen) atoms. The second-order valence-electron chi connectivity index (χ2n) is 5.63. The molecular formula is C15H22N2O2. The first-order valence-corrected chi connectivity index (χ1v) is 6.81. The van der Waals surface area contributed by atoms with Crippen LogP contribution in [0, 0.1) is 0 Å². The van der Waals surface area contributed by atoms with Gasteiger partial charge in [-0.25, -0.2) is 4.79 Å². The third kappa shape index (κ3) is 4.56. The van der Waals surface area contributed by atoms with Crippen molar-refractivity contribution >= 4 is 6.09 Å². The smallest absolute Gasteiger partial charge is 0.407 e. The summed E-state index contributed by atoms with van der Waals surface area (Å²) in [6, 6.07) is 9.87. The molecule has 0 aliphatic heterocycles. The average Bonchev–Trinajstić information content (AvgIpc) is 2.40. The molecule has 0 heterocycles. The number of carbonyl (C=O) groups excluding carboxylic acids is 1. The molecule has 0 bridgehead atoms. The molecule has 0 spiro atoms. The van der Waals surface area contributed by atoms with Crippen molar-refractivity contribution < 1.29 is 9.53 Å². The van der Waals surface area contributed by atoms with Crippen LogP contribution < -0.4 is 11.1 Å². The Bertz CT molecular complexity index is 407. The van der Waals surface area contributed by atoms with E-state index >= 15 is 0 Å². The lowest BCUT2D eigenvalue weighted by atomic mass is 9.82. The molecule has 4 heteroatoms. The Morgan fingerprint density at radius 2 is 2.00 bits per heavy atom. The molecule has 104 valence electrons. The normalized spacial score (nSPS) is 26.7. The maximum absolute atomic E-state index is 11.7. The average molecular weight is 262 g/mol. The lowest BCUT2D eigenvalue weighted by Crippen LogP contribution is -2.46. The van der Waals surface area contributed by atoms with Gasteiger partial charge in [-0.15, -0.1) is 0 Å². The van der Waals surface area contributed by atoms with E-state index in [0.717, 1.165) is 31.2 Å². The van der Waals surface area contributed by atoms with E-state index in [1.165, 1.54) is 0 Å². The first-order valence-electron chi connectivity index (χ1n) is 6.81. The van der Waals surface area contributed by atoms with E-state index in [1.807, 2.05) is 30.3 Å². The maximum Gasteiger partial charge on any atom is 0.407 e. The molecule has 4 nitrogen and oxygen atoms in total. The van der Waals surface area contributed by atoms with E-state index in [1.54, 1.807) is 0 Å². The van der Waals surface area contributed by atoms with Crippen LogP contribution in [0.3, 0.4) is 0 Å². The summed E-state index contributed by atoms with van der Waals surface area (Å²) in [6.45, 7) is 2.38. The highest BCUT2D eigenvalue weighted by atomic mass is 16.5. The lowest BCUT2D eigenvalue weighted by molar-refractivity contribution is 0.130. The predicted octanol–water partition coefficient (Wildman–Crippen LogP) is 2.57. The first kappa shape index (κ1) is 13.9. The minimum Gasteiger partial charge on any atom is -0.445 e. The second kappa shape index (κ2) is 6.06. The van der Waals surface area contributed by atoms with E-state index in [-0.39, 0.29) is 17.7 Å². The number of alkyl carbamates (subject to hydrolysis) is 1. The van der Waals surface area contributed by atoms with Crippen molar-refractivity contribution in [3.05, 3.63) is 35.9 Å². The second-order valence-corrected chi connectivity index (χ2v) is 5.63. The van der Waals surface area contributed by atoms with Crippen molar-refractivity contribution in [2.24, 2.45) is 5.73 Å². The van der Waals surface area contributed by atoms with Gasteiger partial charge < -0.3 is 15.8 Å². The molecule has 1 saturated carbocycles. The van der Waals surface area contributed by atoms with Gasteiger partial charge in [-0.1, -0.05) is 30.3 Å². The number of hydrogen-bond acceptors (Lipinski definition) is 3. The summed E-state index contributed by atoms with van der Waals surface area (Å²) >= 11 is 0. The molecule has 1 aromatic rings. The van der Waals surface area contributed by atoms with Crippen LogP contribution in [0.15, 0.2) is 30.3 Å². The fourth-order valence-corrected chi connectivity index (χ4v) is 2.35. The van der Waals surface area contributed by atoms with Crippen LogP contribution in [0.5, 0.6) is 0 Å². The fraction of sp³-hybridized carbons (Fsp3) is 0.533. The number of benzene rings is 1. The Kier molecular flexibility index (Phi) is 4.43. The number of ether oxygens (including phenoxy) is 1. The zero-order valence-electron chi connectivity index (χ0n) is 11.4. The quantitative estimate of drug-likeness (QED) is 0.880. The number of nitrogens with one attached hydrogen (secondary N) is 1. The summed E-state index contributed by atoms with van der Waals surface area (Å²) in [5, 5.41) is 2.91. The van der Waals surface area contributed by atoms with Gasteiger partial charge in [0.1, 0.15) is 6.61 Å². The van der Waals surface area contributed by atoms with Crippen LogP contribution in [0.2, 0.25) is 0 Å². The monoisotopic (exact) mass is 262 g/mol. The van der Waals surface area contributed by atoms with Gasteiger partial charge in [-0.05, 0) is 38.2 Å². The summed E-state index contributed by atoms with van der Waals surface area (Å²) in [4.78, 5) is 11.7. The highest BCUT2D eigenvalue weighted by Gasteiger charge is 2.28. The van der Waals surface area contributed by atoms with Crippen LogP contribution in [0.4, 0.5) is 4.79 Å². The van der Waals surface area contributed by atoms with E-state index in [0.29, 0.717) is 6.61 Å². The third-order valence-corrected chi connectivity index (χ3v) is 3.66. The zero-order chi connectivity index (χ0) is 13.7. The van der Waals surface area contributed by atoms with Gasteiger partial charge in [0.25, 0.3) is 0 Å². The predicted molar refractivity (Wildman–Crippen MR) is 74.6 cm³/mol. The fourth-order valence-electron chi connectivity index (χ4n) is 2.35. The number of hydrogen-bond donors (Lipinski definition) is 2. The minimum absolute atomic E-state index is 0.0773. The van der Waals surface area contributed by atoms with Crippen LogP contribution in [0.25, 0.3) is 0 Å². The molecule has 3 N–H and O–H groups in total. The van der Waals surface area contributed by atoms with Crippen LogP contribution in [0.1, 0.15) is 38.2 Å². The van der Waals surface area contributed by atoms with Gasteiger partial charge in [0.05, 0.1) is 0 Å².